The van der Waals surface area contributed by atoms with Gasteiger partial charge in [0.15, 0.2) is 0 Å². The quantitative estimate of drug-likeness (QED) is 0.871. The van der Waals surface area contributed by atoms with Crippen LogP contribution in [0.15, 0.2) is 16.5 Å². The second-order valence-corrected chi connectivity index (χ2v) is 7.49. The summed E-state index contributed by atoms with van der Waals surface area (Å²) in [6.07, 6.45) is 2.23. The Hall–Kier alpha value is -0.490. The third-order valence-electron chi connectivity index (χ3n) is 4.96. The molecule has 1 aromatic heterocycles. The van der Waals surface area contributed by atoms with Crippen LogP contribution in [0.4, 0.5) is 0 Å². The van der Waals surface area contributed by atoms with Gasteiger partial charge in [-0.15, -0.1) is 0 Å². The van der Waals surface area contributed by atoms with E-state index >= 15 is 0 Å². The molecule has 4 nitrogen and oxygen atoms in total. The van der Waals surface area contributed by atoms with E-state index in [1.54, 1.807) is 0 Å². The first kappa shape index (κ1) is 16.4. The molecule has 0 amide bonds. The maximum Gasteiger partial charge on any atom is 0.120 e. The van der Waals surface area contributed by atoms with Gasteiger partial charge in [-0.2, -0.15) is 11.8 Å². The summed E-state index contributed by atoms with van der Waals surface area (Å²) < 4.78 is 11.4. The molecule has 0 radical (unpaired) electrons. The number of furan rings is 1. The van der Waals surface area contributed by atoms with E-state index < -0.39 is 0 Å². The summed E-state index contributed by atoms with van der Waals surface area (Å²) in [5, 5.41) is 3.73. The first-order chi connectivity index (χ1) is 10.7. The summed E-state index contributed by atoms with van der Waals surface area (Å²) in [4.78, 5) is 2.65. The molecule has 0 spiro atoms. The maximum absolute atomic E-state index is 5.89. The normalized spacial score (nSPS) is 28.1. The molecule has 2 aliphatic rings. The molecule has 2 fully saturated rings. The van der Waals surface area contributed by atoms with Crippen LogP contribution in [0.1, 0.15) is 37.8 Å². The minimum atomic E-state index is 0.267. The first-order valence-corrected chi connectivity index (χ1v) is 9.61. The van der Waals surface area contributed by atoms with Crippen LogP contribution in [0.5, 0.6) is 0 Å². The van der Waals surface area contributed by atoms with Crippen molar-refractivity contribution in [2.45, 2.75) is 38.3 Å². The SMILES string of the molecule is CCc1ccc([C@@H](C)NC[C@]2(N3CCOCC3)CCSC2)o1. The zero-order valence-corrected chi connectivity index (χ0v) is 14.6. The molecule has 3 rings (SSSR count). The van der Waals surface area contributed by atoms with Gasteiger partial charge in [-0.05, 0) is 31.2 Å². The van der Waals surface area contributed by atoms with E-state index in [1.807, 2.05) is 0 Å². The van der Waals surface area contributed by atoms with Crippen molar-refractivity contribution in [3.63, 3.8) is 0 Å². The van der Waals surface area contributed by atoms with Crippen molar-refractivity contribution in [2.24, 2.45) is 0 Å². The second-order valence-electron chi connectivity index (χ2n) is 6.39. The van der Waals surface area contributed by atoms with E-state index in [-0.39, 0.29) is 6.04 Å². The van der Waals surface area contributed by atoms with Crippen LogP contribution in [-0.2, 0) is 11.2 Å². The highest BCUT2D eigenvalue weighted by molar-refractivity contribution is 7.99. The Morgan fingerprint density at radius 3 is 2.82 bits per heavy atom. The average molecular weight is 324 g/mol. The largest absolute Gasteiger partial charge is 0.464 e. The lowest BCUT2D eigenvalue weighted by Crippen LogP contribution is -2.58. The molecule has 2 atom stereocenters. The molecule has 0 bridgehead atoms. The van der Waals surface area contributed by atoms with E-state index in [0.29, 0.717) is 5.54 Å². The third kappa shape index (κ3) is 3.53. The molecule has 1 N–H and O–H groups in total. The highest BCUT2D eigenvalue weighted by atomic mass is 32.2. The Kier molecular flexibility index (Phi) is 5.50. The van der Waals surface area contributed by atoms with Crippen LogP contribution < -0.4 is 5.32 Å². The maximum atomic E-state index is 5.89. The molecule has 0 aromatic carbocycles. The Balaban J connectivity index is 1.61. The number of aryl methyl sites for hydroxylation is 1. The van der Waals surface area contributed by atoms with Crippen molar-refractivity contribution in [3.05, 3.63) is 23.7 Å². The van der Waals surface area contributed by atoms with E-state index in [4.69, 9.17) is 9.15 Å². The van der Waals surface area contributed by atoms with Crippen LogP contribution in [0.3, 0.4) is 0 Å². The topological polar surface area (TPSA) is 37.6 Å². The van der Waals surface area contributed by atoms with Gasteiger partial charge in [-0.25, -0.2) is 0 Å². The van der Waals surface area contributed by atoms with Gasteiger partial charge in [0.25, 0.3) is 0 Å². The fraction of sp³-hybridized carbons (Fsp3) is 0.765. The molecule has 22 heavy (non-hydrogen) atoms. The van der Waals surface area contributed by atoms with Gasteiger partial charge in [0, 0.05) is 37.3 Å². The molecular weight excluding hydrogens is 296 g/mol. The van der Waals surface area contributed by atoms with Crippen molar-refractivity contribution in [3.8, 4) is 0 Å². The van der Waals surface area contributed by atoms with Crippen LogP contribution in [-0.4, -0.2) is 54.8 Å². The van der Waals surface area contributed by atoms with Gasteiger partial charge in [0.05, 0.1) is 19.3 Å². The predicted octanol–water partition coefficient (Wildman–Crippen LogP) is 2.70. The van der Waals surface area contributed by atoms with Gasteiger partial charge in [-0.3, -0.25) is 4.90 Å². The number of hydrogen-bond acceptors (Lipinski definition) is 5. The number of ether oxygens (including phenoxy) is 1. The van der Waals surface area contributed by atoms with E-state index in [0.717, 1.165) is 50.8 Å². The van der Waals surface area contributed by atoms with Gasteiger partial charge >= 0.3 is 0 Å². The average Bonchev–Trinajstić information content (AvgIpc) is 3.23. The standard InChI is InChI=1S/C17H28N2O2S/c1-3-15-4-5-16(21-15)14(2)18-12-17(6-11-22-13-17)19-7-9-20-10-8-19/h4-5,14,18H,3,6-13H2,1-2H3/t14-,17-/m1/s1. The smallest absolute Gasteiger partial charge is 0.120 e. The fourth-order valence-electron chi connectivity index (χ4n) is 3.40. The molecule has 2 saturated heterocycles. The highest BCUT2D eigenvalue weighted by Crippen LogP contribution is 2.34. The van der Waals surface area contributed by atoms with E-state index in [1.165, 1.54) is 17.9 Å². The van der Waals surface area contributed by atoms with Crippen molar-refractivity contribution in [1.82, 2.24) is 10.2 Å². The molecule has 3 heterocycles. The van der Waals surface area contributed by atoms with Crippen molar-refractivity contribution >= 4 is 11.8 Å². The predicted molar refractivity (Wildman–Crippen MR) is 91.6 cm³/mol. The van der Waals surface area contributed by atoms with Gasteiger partial charge < -0.3 is 14.5 Å². The summed E-state index contributed by atoms with van der Waals surface area (Å²) in [7, 11) is 0. The number of thioether (sulfide) groups is 1. The summed E-state index contributed by atoms with van der Waals surface area (Å²) in [6.45, 7) is 9.25. The minimum absolute atomic E-state index is 0.267. The number of rotatable bonds is 6. The van der Waals surface area contributed by atoms with Crippen LogP contribution in [0.2, 0.25) is 0 Å². The third-order valence-corrected chi connectivity index (χ3v) is 6.19. The Morgan fingerprint density at radius 1 is 1.36 bits per heavy atom. The zero-order valence-electron chi connectivity index (χ0n) is 13.8. The van der Waals surface area contributed by atoms with Crippen LogP contribution in [0.25, 0.3) is 0 Å². The van der Waals surface area contributed by atoms with Gasteiger partial charge in [0.1, 0.15) is 11.5 Å². The minimum Gasteiger partial charge on any atom is -0.464 e. The van der Waals surface area contributed by atoms with Crippen LogP contribution >= 0.6 is 11.8 Å². The zero-order chi connectivity index (χ0) is 15.4. The fourth-order valence-corrected chi connectivity index (χ4v) is 4.87. The molecule has 5 heteroatoms. The van der Waals surface area contributed by atoms with E-state index in [9.17, 15) is 0 Å². The highest BCUT2D eigenvalue weighted by Gasteiger charge is 2.40. The van der Waals surface area contributed by atoms with E-state index in [2.05, 4.69) is 48.0 Å². The first-order valence-electron chi connectivity index (χ1n) is 8.46. The van der Waals surface area contributed by atoms with Crippen molar-refractivity contribution < 1.29 is 9.15 Å². The Bertz CT molecular complexity index is 465. The number of nitrogens with one attached hydrogen (secondary N) is 1. The summed E-state index contributed by atoms with van der Waals surface area (Å²) in [6, 6.07) is 4.47. The molecule has 0 aliphatic carbocycles. The van der Waals surface area contributed by atoms with Gasteiger partial charge in [-0.1, -0.05) is 6.92 Å². The van der Waals surface area contributed by atoms with Gasteiger partial charge in [0.2, 0.25) is 0 Å². The number of hydrogen-bond donors (Lipinski definition) is 1. The number of morpholine rings is 1. The number of nitrogens with zero attached hydrogens (tertiary/aromatic N) is 1. The lowest BCUT2D eigenvalue weighted by atomic mass is 9.95. The Labute approximate surface area is 138 Å². The molecule has 1 aromatic rings. The summed E-state index contributed by atoms with van der Waals surface area (Å²) in [5.74, 6) is 4.63. The Morgan fingerprint density at radius 2 is 2.18 bits per heavy atom. The molecule has 0 unspecified atom stereocenters. The molecule has 0 saturated carbocycles. The monoisotopic (exact) mass is 324 g/mol. The lowest BCUT2D eigenvalue weighted by molar-refractivity contribution is -0.0141. The van der Waals surface area contributed by atoms with Crippen molar-refractivity contribution in [2.75, 3.05) is 44.4 Å². The molecule has 2 aliphatic heterocycles. The molecular formula is C17H28N2O2S. The van der Waals surface area contributed by atoms with Crippen molar-refractivity contribution in [1.29, 1.82) is 0 Å². The second kappa shape index (κ2) is 7.39. The summed E-state index contributed by atoms with van der Waals surface area (Å²) >= 11 is 2.08. The molecule has 124 valence electrons. The van der Waals surface area contributed by atoms with Crippen LogP contribution in [0, 0.1) is 0 Å². The summed E-state index contributed by atoms with van der Waals surface area (Å²) in [5.41, 5.74) is 0.295. The lowest BCUT2D eigenvalue weighted by Gasteiger charge is -2.43.